The molecule has 6 atom stereocenters. The highest BCUT2D eigenvalue weighted by atomic mass is 35.5. The molecule has 0 aromatic heterocycles. The first-order valence-electron chi connectivity index (χ1n) is 13.5. The molecule has 8 nitrogen and oxygen atoms in total. The maximum atomic E-state index is 14.0. The van der Waals surface area contributed by atoms with E-state index >= 15 is 0 Å². The molecule has 10 heteroatoms. The van der Waals surface area contributed by atoms with Gasteiger partial charge in [-0.25, -0.2) is 0 Å². The Morgan fingerprint density at radius 3 is 2.51 bits per heavy atom. The number of allylic oxidation sites excluding steroid dienone is 3. The van der Waals surface area contributed by atoms with E-state index in [2.05, 4.69) is 0 Å². The quantitative estimate of drug-likeness (QED) is 0.329. The number of carbonyl (C=O) groups is 4. The number of phenols is 1. The van der Waals surface area contributed by atoms with E-state index in [1.807, 2.05) is 36.4 Å². The predicted molar refractivity (Wildman–Crippen MR) is 149 cm³/mol. The molecule has 1 N–H and O–H groups in total. The van der Waals surface area contributed by atoms with E-state index in [-0.39, 0.29) is 37.0 Å². The maximum Gasteiger partial charge on any atom is 0.253 e. The average molecular weight is 593 g/mol. The predicted octanol–water partition coefficient (Wildman–Crippen LogP) is 3.93. The van der Waals surface area contributed by atoms with Crippen molar-refractivity contribution in [1.82, 2.24) is 9.80 Å². The Balaban J connectivity index is 1.33. The summed E-state index contributed by atoms with van der Waals surface area (Å²) in [4.78, 5) is 53.4. The Morgan fingerprint density at radius 2 is 1.76 bits per heavy atom. The van der Waals surface area contributed by atoms with Crippen LogP contribution in [0.25, 0.3) is 0 Å². The zero-order valence-electron chi connectivity index (χ0n) is 22.1. The second kappa shape index (κ2) is 8.94. The topological polar surface area (TPSA) is 104 Å². The van der Waals surface area contributed by atoms with Crippen LogP contribution in [0.15, 0.2) is 72.0 Å². The molecule has 3 heterocycles. The summed E-state index contributed by atoms with van der Waals surface area (Å²) in [6, 6.07) is 14.1. The van der Waals surface area contributed by atoms with Crippen LogP contribution in [0.4, 0.5) is 0 Å². The van der Waals surface area contributed by atoms with E-state index in [4.69, 9.17) is 27.9 Å². The largest absolute Gasteiger partial charge is 0.508 e. The fourth-order valence-electron chi connectivity index (χ4n) is 7.54. The number of ether oxygens (including phenoxy) is 1. The van der Waals surface area contributed by atoms with Crippen molar-refractivity contribution in [3.63, 3.8) is 0 Å². The zero-order chi connectivity index (χ0) is 28.8. The van der Waals surface area contributed by atoms with Crippen LogP contribution in [0, 0.1) is 23.7 Å². The first-order valence-corrected chi connectivity index (χ1v) is 14.3. The number of nitrogens with zero attached hydrogens (tertiary/aromatic N) is 2. The van der Waals surface area contributed by atoms with Crippen LogP contribution in [0.1, 0.15) is 24.0 Å². The first kappa shape index (κ1) is 26.3. The van der Waals surface area contributed by atoms with Gasteiger partial charge in [0, 0.05) is 24.9 Å². The summed E-state index contributed by atoms with van der Waals surface area (Å²) in [6.45, 7) is 0.155. The SMILES string of the molecule is CN1C(=O)C2(Cl)CC3C(=CCC4C(=O)N(Cc5ccccc5)C(=O)C43)C(C3=COc4ccc(O)cc4C3)C2(Cl)C1=O. The lowest BCUT2D eigenvalue weighted by molar-refractivity contribution is -0.141. The summed E-state index contributed by atoms with van der Waals surface area (Å²) in [7, 11) is 1.36. The molecule has 2 aliphatic carbocycles. The highest BCUT2D eigenvalue weighted by molar-refractivity contribution is 6.53. The van der Waals surface area contributed by atoms with Gasteiger partial charge in [0.05, 0.1) is 24.6 Å². The number of alkyl halides is 2. The molecular weight excluding hydrogens is 567 g/mol. The number of aromatic hydroxyl groups is 1. The normalized spacial score (nSPS) is 33.9. The molecule has 2 saturated heterocycles. The Bertz CT molecular complexity index is 1600. The summed E-state index contributed by atoms with van der Waals surface area (Å²) < 4.78 is 5.91. The molecule has 0 radical (unpaired) electrons. The van der Waals surface area contributed by atoms with Crippen molar-refractivity contribution in [3.05, 3.63) is 83.1 Å². The van der Waals surface area contributed by atoms with Crippen LogP contribution in [0.2, 0.25) is 0 Å². The van der Waals surface area contributed by atoms with Crippen molar-refractivity contribution in [3.8, 4) is 11.5 Å². The molecule has 3 aliphatic heterocycles. The number of imide groups is 2. The number of fused-ring (bicyclic) bond motifs is 5. The van der Waals surface area contributed by atoms with Crippen LogP contribution in [0.5, 0.6) is 11.5 Å². The highest BCUT2D eigenvalue weighted by Gasteiger charge is 2.76. The molecule has 0 spiro atoms. The molecule has 210 valence electrons. The van der Waals surface area contributed by atoms with Gasteiger partial charge >= 0.3 is 0 Å². The monoisotopic (exact) mass is 592 g/mol. The lowest BCUT2D eigenvalue weighted by atomic mass is 9.56. The van der Waals surface area contributed by atoms with E-state index in [9.17, 15) is 24.3 Å². The van der Waals surface area contributed by atoms with Crippen molar-refractivity contribution < 1.29 is 29.0 Å². The van der Waals surface area contributed by atoms with E-state index in [0.29, 0.717) is 23.3 Å². The molecule has 41 heavy (non-hydrogen) atoms. The van der Waals surface area contributed by atoms with Crippen LogP contribution in [-0.2, 0) is 32.1 Å². The number of halogens is 2. The van der Waals surface area contributed by atoms with E-state index < -0.39 is 45.2 Å². The molecule has 0 bridgehead atoms. The van der Waals surface area contributed by atoms with Gasteiger partial charge in [-0.2, -0.15) is 0 Å². The molecule has 4 amide bonds. The molecule has 3 fully saturated rings. The van der Waals surface area contributed by atoms with Gasteiger partial charge in [0.2, 0.25) is 11.8 Å². The second-order valence-electron chi connectivity index (χ2n) is 11.5. The molecule has 7 rings (SSSR count). The second-order valence-corrected chi connectivity index (χ2v) is 12.8. The van der Waals surface area contributed by atoms with Crippen molar-refractivity contribution in [1.29, 1.82) is 0 Å². The number of hydrogen-bond donors (Lipinski definition) is 1. The molecule has 2 aromatic carbocycles. The van der Waals surface area contributed by atoms with Gasteiger partial charge in [-0.05, 0) is 48.1 Å². The molecule has 5 aliphatic rings. The number of likely N-dealkylation sites (tertiary alicyclic amines) is 2. The lowest BCUT2D eigenvalue weighted by Crippen LogP contribution is -2.61. The van der Waals surface area contributed by atoms with Gasteiger partial charge in [-0.15, -0.1) is 23.2 Å². The molecule has 1 saturated carbocycles. The Kier molecular flexibility index (Phi) is 5.73. The Labute approximate surface area is 246 Å². The number of phenolic OH excluding ortho intramolecular Hbond substituents is 1. The summed E-state index contributed by atoms with van der Waals surface area (Å²) >= 11 is 14.4. The fraction of sp³-hybridized carbons (Fsp3) is 0.355. The Morgan fingerprint density at radius 1 is 1.00 bits per heavy atom. The molecular formula is C31H26Cl2N2O6. The lowest BCUT2D eigenvalue weighted by Gasteiger charge is -2.51. The molecule has 2 aromatic rings. The van der Waals surface area contributed by atoms with Crippen molar-refractivity contribution in [2.75, 3.05) is 7.05 Å². The third-order valence-corrected chi connectivity index (χ3v) is 10.8. The summed E-state index contributed by atoms with van der Waals surface area (Å²) in [5.74, 6) is -3.99. The van der Waals surface area contributed by atoms with Crippen LogP contribution in [-0.4, -0.2) is 55.3 Å². The third kappa shape index (κ3) is 3.47. The number of hydrogen-bond acceptors (Lipinski definition) is 6. The van der Waals surface area contributed by atoms with Crippen LogP contribution in [0.3, 0.4) is 0 Å². The average Bonchev–Trinajstić information content (AvgIpc) is 3.28. The van der Waals surface area contributed by atoms with Gasteiger partial charge in [0.25, 0.3) is 11.8 Å². The first-order chi connectivity index (χ1) is 19.6. The van der Waals surface area contributed by atoms with Crippen molar-refractivity contribution in [2.45, 2.75) is 35.6 Å². The minimum absolute atomic E-state index is 0.0554. The summed E-state index contributed by atoms with van der Waals surface area (Å²) in [5.41, 5.74) is 2.84. The number of benzene rings is 2. The summed E-state index contributed by atoms with van der Waals surface area (Å²) in [5, 5.41) is 10.1. The van der Waals surface area contributed by atoms with Crippen molar-refractivity contribution >= 4 is 46.8 Å². The van der Waals surface area contributed by atoms with E-state index in [1.54, 1.807) is 12.1 Å². The third-order valence-electron chi connectivity index (χ3n) is 9.44. The fourth-order valence-corrected chi connectivity index (χ4v) is 8.58. The highest BCUT2D eigenvalue weighted by Crippen LogP contribution is 2.64. The number of amides is 4. The minimum Gasteiger partial charge on any atom is -0.508 e. The zero-order valence-corrected chi connectivity index (χ0v) is 23.6. The van der Waals surface area contributed by atoms with Crippen molar-refractivity contribution in [2.24, 2.45) is 23.7 Å². The van der Waals surface area contributed by atoms with Gasteiger partial charge < -0.3 is 9.84 Å². The van der Waals surface area contributed by atoms with Crippen LogP contribution < -0.4 is 4.74 Å². The minimum atomic E-state index is -1.87. The number of rotatable bonds is 3. The van der Waals surface area contributed by atoms with Gasteiger partial charge in [-0.3, -0.25) is 29.0 Å². The van der Waals surface area contributed by atoms with E-state index in [1.165, 1.54) is 24.3 Å². The number of carbonyl (C=O) groups excluding carboxylic acids is 4. The van der Waals surface area contributed by atoms with Gasteiger partial charge in [-0.1, -0.05) is 42.0 Å². The standard InChI is InChI=1S/C31H26Cl2N2O6/c1-34-28(39)30(32)13-22-20(8-9-21-24(22)27(38)35(26(21)37)14-16-5-3-2-4-6-16)25(31(30,33)29(34)40)18-11-17-12-19(36)7-10-23(17)41-15-18/h2-8,10,12,15,21-22,24-25,36H,9,11,13-14H2,1H3. The molecule has 6 unspecified atom stereocenters. The van der Waals surface area contributed by atoms with Gasteiger partial charge in [0.15, 0.2) is 9.75 Å². The smallest absolute Gasteiger partial charge is 0.253 e. The van der Waals surface area contributed by atoms with E-state index in [0.717, 1.165) is 16.0 Å². The maximum absolute atomic E-state index is 14.0. The Hall–Kier alpha value is -3.62. The van der Waals surface area contributed by atoms with Gasteiger partial charge in [0.1, 0.15) is 11.5 Å². The van der Waals surface area contributed by atoms with Crippen LogP contribution >= 0.6 is 23.2 Å². The summed E-state index contributed by atoms with van der Waals surface area (Å²) in [6.07, 6.45) is 3.96.